The molecule has 2 nitrogen and oxygen atoms in total. The zero-order chi connectivity index (χ0) is 8.10. The van der Waals surface area contributed by atoms with Crippen LogP contribution in [0.25, 0.3) is 0 Å². The molecule has 11 heavy (non-hydrogen) atoms. The summed E-state index contributed by atoms with van der Waals surface area (Å²) in [6.45, 7) is 2.59. The van der Waals surface area contributed by atoms with Gasteiger partial charge in [0.25, 0.3) is 0 Å². The minimum Gasteiger partial charge on any atom is -0.363 e. The van der Waals surface area contributed by atoms with Crippen LogP contribution in [0.3, 0.4) is 0 Å². The van der Waals surface area contributed by atoms with Crippen molar-refractivity contribution in [1.82, 2.24) is 0 Å². The highest BCUT2D eigenvalue weighted by Gasteiger charge is 2.15. The predicted molar refractivity (Wildman–Crippen MR) is 43.0 cm³/mol. The SMILES string of the molecule is CC(C#N)OCC1CCCC1. The van der Waals surface area contributed by atoms with Crippen LogP contribution < -0.4 is 0 Å². The summed E-state index contributed by atoms with van der Waals surface area (Å²) < 4.78 is 5.31. The van der Waals surface area contributed by atoms with E-state index in [1.165, 1.54) is 25.7 Å². The molecule has 1 atom stereocenters. The first-order valence-electron chi connectivity index (χ1n) is 4.34. The number of nitrogens with zero attached hydrogens (tertiary/aromatic N) is 1. The molecule has 1 aliphatic rings. The van der Waals surface area contributed by atoms with Crippen molar-refractivity contribution in [2.75, 3.05) is 6.61 Å². The molecule has 0 radical (unpaired) electrons. The molecule has 0 amide bonds. The zero-order valence-corrected chi connectivity index (χ0v) is 7.05. The molecule has 0 heterocycles. The van der Waals surface area contributed by atoms with E-state index in [0.717, 1.165) is 12.5 Å². The largest absolute Gasteiger partial charge is 0.363 e. The van der Waals surface area contributed by atoms with E-state index in [9.17, 15) is 0 Å². The van der Waals surface area contributed by atoms with Crippen molar-refractivity contribution in [3.05, 3.63) is 0 Å². The highest BCUT2D eigenvalue weighted by molar-refractivity contribution is 4.79. The van der Waals surface area contributed by atoms with Gasteiger partial charge in [0.2, 0.25) is 0 Å². The van der Waals surface area contributed by atoms with Crippen molar-refractivity contribution in [3.8, 4) is 6.07 Å². The van der Waals surface area contributed by atoms with Crippen LogP contribution in [0, 0.1) is 17.2 Å². The molecule has 0 aromatic heterocycles. The molecule has 2 heteroatoms. The fourth-order valence-corrected chi connectivity index (χ4v) is 1.49. The average Bonchev–Trinajstić information content (AvgIpc) is 2.52. The molecule has 62 valence electrons. The average molecular weight is 153 g/mol. The van der Waals surface area contributed by atoms with Gasteiger partial charge in [-0.15, -0.1) is 0 Å². The third-order valence-electron chi connectivity index (χ3n) is 2.24. The van der Waals surface area contributed by atoms with Gasteiger partial charge in [-0.25, -0.2) is 0 Å². The van der Waals surface area contributed by atoms with E-state index in [2.05, 4.69) is 6.07 Å². The number of nitriles is 1. The smallest absolute Gasteiger partial charge is 0.141 e. The lowest BCUT2D eigenvalue weighted by molar-refractivity contribution is 0.0731. The van der Waals surface area contributed by atoms with E-state index in [0.29, 0.717) is 0 Å². The zero-order valence-electron chi connectivity index (χ0n) is 7.05. The van der Waals surface area contributed by atoms with Gasteiger partial charge in [0, 0.05) is 0 Å². The van der Waals surface area contributed by atoms with Crippen LogP contribution in [0.1, 0.15) is 32.6 Å². The molecule has 1 rings (SSSR count). The Bertz CT molecular complexity index is 144. The van der Waals surface area contributed by atoms with E-state index in [1.54, 1.807) is 6.92 Å². The van der Waals surface area contributed by atoms with E-state index in [1.807, 2.05) is 0 Å². The maximum Gasteiger partial charge on any atom is 0.141 e. The second-order valence-corrected chi connectivity index (χ2v) is 3.26. The summed E-state index contributed by atoms with van der Waals surface area (Å²) in [4.78, 5) is 0. The van der Waals surface area contributed by atoms with Gasteiger partial charge >= 0.3 is 0 Å². The third kappa shape index (κ3) is 2.90. The maximum absolute atomic E-state index is 8.43. The third-order valence-corrected chi connectivity index (χ3v) is 2.24. The number of ether oxygens (including phenoxy) is 1. The normalized spacial score (nSPS) is 21.5. The van der Waals surface area contributed by atoms with Gasteiger partial charge in [-0.3, -0.25) is 0 Å². The van der Waals surface area contributed by atoms with E-state index in [-0.39, 0.29) is 6.10 Å². The van der Waals surface area contributed by atoms with Crippen LogP contribution in [0.2, 0.25) is 0 Å². The number of hydrogen-bond acceptors (Lipinski definition) is 2. The molecular weight excluding hydrogens is 138 g/mol. The first-order chi connectivity index (χ1) is 5.33. The van der Waals surface area contributed by atoms with Crippen LogP contribution in [0.4, 0.5) is 0 Å². The highest BCUT2D eigenvalue weighted by atomic mass is 16.5. The van der Waals surface area contributed by atoms with Crippen molar-refractivity contribution >= 4 is 0 Å². The van der Waals surface area contributed by atoms with Crippen molar-refractivity contribution in [1.29, 1.82) is 5.26 Å². The topological polar surface area (TPSA) is 33.0 Å². The monoisotopic (exact) mass is 153 g/mol. The van der Waals surface area contributed by atoms with Gasteiger partial charge in [0.15, 0.2) is 0 Å². The van der Waals surface area contributed by atoms with Gasteiger partial charge < -0.3 is 4.74 Å². The Kier molecular flexibility index (Phi) is 3.38. The van der Waals surface area contributed by atoms with Crippen molar-refractivity contribution < 1.29 is 4.74 Å². The van der Waals surface area contributed by atoms with E-state index < -0.39 is 0 Å². The Labute approximate surface area is 68.2 Å². The maximum atomic E-state index is 8.43. The molecule has 1 saturated carbocycles. The fourth-order valence-electron chi connectivity index (χ4n) is 1.49. The lowest BCUT2D eigenvalue weighted by Gasteiger charge is -2.10. The number of hydrogen-bond donors (Lipinski definition) is 0. The standard InChI is InChI=1S/C9H15NO/c1-8(6-10)11-7-9-4-2-3-5-9/h8-9H,2-5,7H2,1H3. The molecule has 0 aliphatic heterocycles. The summed E-state index contributed by atoms with van der Waals surface area (Å²) in [5, 5.41) is 8.43. The first-order valence-corrected chi connectivity index (χ1v) is 4.34. The fraction of sp³-hybridized carbons (Fsp3) is 0.889. The van der Waals surface area contributed by atoms with Crippen LogP contribution in [-0.4, -0.2) is 12.7 Å². The molecule has 0 saturated heterocycles. The minimum atomic E-state index is -0.226. The van der Waals surface area contributed by atoms with Crippen molar-refractivity contribution in [2.24, 2.45) is 5.92 Å². The summed E-state index contributed by atoms with van der Waals surface area (Å²) in [7, 11) is 0. The van der Waals surface area contributed by atoms with Crippen LogP contribution in [-0.2, 0) is 4.74 Å². The molecular formula is C9H15NO. The van der Waals surface area contributed by atoms with Gasteiger partial charge in [-0.05, 0) is 25.7 Å². The number of rotatable bonds is 3. The van der Waals surface area contributed by atoms with Crippen LogP contribution in [0.5, 0.6) is 0 Å². The Morgan fingerprint density at radius 1 is 1.55 bits per heavy atom. The first kappa shape index (κ1) is 8.55. The van der Waals surface area contributed by atoms with Crippen molar-refractivity contribution in [2.45, 2.75) is 38.7 Å². The van der Waals surface area contributed by atoms with Crippen LogP contribution >= 0.6 is 0 Å². The quantitative estimate of drug-likeness (QED) is 0.622. The van der Waals surface area contributed by atoms with Crippen LogP contribution in [0.15, 0.2) is 0 Å². The lowest BCUT2D eigenvalue weighted by Crippen LogP contribution is -2.11. The van der Waals surface area contributed by atoms with Gasteiger partial charge in [0.05, 0.1) is 12.7 Å². The molecule has 1 aliphatic carbocycles. The highest BCUT2D eigenvalue weighted by Crippen LogP contribution is 2.24. The molecule has 0 aromatic carbocycles. The lowest BCUT2D eigenvalue weighted by atomic mass is 10.1. The predicted octanol–water partition coefficient (Wildman–Crippen LogP) is 2.11. The van der Waals surface area contributed by atoms with Crippen molar-refractivity contribution in [3.63, 3.8) is 0 Å². The van der Waals surface area contributed by atoms with E-state index >= 15 is 0 Å². The summed E-state index contributed by atoms with van der Waals surface area (Å²) in [5.74, 6) is 0.728. The molecule has 0 bridgehead atoms. The second kappa shape index (κ2) is 4.35. The second-order valence-electron chi connectivity index (χ2n) is 3.26. The minimum absolute atomic E-state index is 0.226. The Morgan fingerprint density at radius 3 is 2.73 bits per heavy atom. The molecule has 0 N–H and O–H groups in total. The molecule has 1 fully saturated rings. The molecule has 0 aromatic rings. The summed E-state index contributed by atoms with van der Waals surface area (Å²) >= 11 is 0. The molecule has 0 spiro atoms. The van der Waals surface area contributed by atoms with Gasteiger partial charge in [0.1, 0.15) is 6.10 Å². The molecule has 1 unspecified atom stereocenters. The summed E-state index contributed by atoms with van der Waals surface area (Å²) in [6.07, 6.45) is 5.04. The van der Waals surface area contributed by atoms with Gasteiger partial charge in [-0.1, -0.05) is 12.8 Å². The summed E-state index contributed by atoms with van der Waals surface area (Å²) in [6, 6.07) is 2.07. The Morgan fingerprint density at radius 2 is 2.18 bits per heavy atom. The summed E-state index contributed by atoms with van der Waals surface area (Å²) in [5.41, 5.74) is 0. The Balaban J connectivity index is 2.07. The van der Waals surface area contributed by atoms with E-state index in [4.69, 9.17) is 10.00 Å². The Hall–Kier alpha value is -0.550. The van der Waals surface area contributed by atoms with Gasteiger partial charge in [-0.2, -0.15) is 5.26 Å².